The summed E-state index contributed by atoms with van der Waals surface area (Å²) in [4.78, 5) is 69.7. The highest BCUT2D eigenvalue weighted by molar-refractivity contribution is 5.97. The highest BCUT2D eigenvalue weighted by Crippen LogP contribution is 2.25. The van der Waals surface area contributed by atoms with Crippen LogP contribution in [-0.2, 0) is 42.1 Å². The Morgan fingerprint density at radius 1 is 0.797 bits per heavy atom. The number of nitrogens with zero attached hydrogens (tertiary/aromatic N) is 4. The fraction of sp³-hybridized carbons (Fsp3) is 0.458. The number of anilines is 2. The number of rotatable bonds is 19. The van der Waals surface area contributed by atoms with Crippen LogP contribution in [0.25, 0.3) is 0 Å². The molecule has 0 bridgehead atoms. The molecule has 64 heavy (non-hydrogen) atoms. The molecule has 4 atom stereocenters. The van der Waals surface area contributed by atoms with E-state index in [0.717, 1.165) is 94.4 Å². The van der Waals surface area contributed by atoms with Crippen LogP contribution in [0.1, 0.15) is 89.2 Å². The number of hydroxylamine groups is 3. The van der Waals surface area contributed by atoms with Crippen molar-refractivity contribution < 1.29 is 37.6 Å². The summed E-state index contributed by atoms with van der Waals surface area (Å²) in [5.41, 5.74) is 5.08. The molecule has 4 amide bonds. The summed E-state index contributed by atoms with van der Waals surface area (Å²) in [5.74, 6) is -0.594. The molecule has 0 saturated carbocycles. The van der Waals surface area contributed by atoms with Gasteiger partial charge in [0.15, 0.2) is 0 Å². The first-order valence-corrected chi connectivity index (χ1v) is 22.4. The average molecular weight is 885 g/mol. The van der Waals surface area contributed by atoms with E-state index in [1.54, 1.807) is 4.90 Å². The molecule has 14 nitrogen and oxygen atoms in total. The molecule has 0 radical (unpaired) electrons. The van der Waals surface area contributed by atoms with E-state index in [2.05, 4.69) is 45.2 Å². The van der Waals surface area contributed by atoms with Gasteiger partial charge in [-0.05, 0) is 80.5 Å². The fourth-order valence-corrected chi connectivity index (χ4v) is 7.37. The Hall–Kier alpha value is -5.68. The number of carbonyl (C=O) groups is 4. The van der Waals surface area contributed by atoms with Gasteiger partial charge in [0.1, 0.15) is 35.9 Å². The van der Waals surface area contributed by atoms with E-state index >= 15 is 0 Å². The molecule has 3 aliphatic rings. The Morgan fingerprint density at radius 2 is 1.42 bits per heavy atom. The van der Waals surface area contributed by atoms with Crippen LogP contribution in [0.3, 0.4) is 0 Å². The molecule has 3 fully saturated rings. The third kappa shape index (κ3) is 16.1. The normalized spacial score (nSPS) is 18.2. The second-order valence-corrected chi connectivity index (χ2v) is 16.0. The maximum absolute atomic E-state index is 13.3. The minimum Gasteiger partial charge on any atom is -0.330 e. The molecule has 0 aliphatic carbocycles. The molecule has 7 rings (SSSR count). The van der Waals surface area contributed by atoms with E-state index in [0.29, 0.717) is 38.5 Å². The molecular formula is C48H62F2N8O6. The highest BCUT2D eigenvalue weighted by Gasteiger charge is 2.38. The van der Waals surface area contributed by atoms with Gasteiger partial charge in [0.25, 0.3) is 5.91 Å². The number of likely N-dealkylation sites (tertiary alicyclic amines) is 1. The first-order valence-electron chi connectivity index (χ1n) is 22.4. The number of pyridine rings is 2. The summed E-state index contributed by atoms with van der Waals surface area (Å²) in [7, 11) is 0. The van der Waals surface area contributed by atoms with E-state index in [9.17, 15) is 28.0 Å². The topological polar surface area (TPSA) is 167 Å². The predicted molar refractivity (Wildman–Crippen MR) is 240 cm³/mol. The van der Waals surface area contributed by atoms with Gasteiger partial charge in [-0.25, -0.2) is 29.3 Å². The van der Waals surface area contributed by atoms with E-state index in [4.69, 9.17) is 9.68 Å². The molecule has 4 N–H and O–H groups in total. The Bertz CT molecular complexity index is 2010. The van der Waals surface area contributed by atoms with Crippen molar-refractivity contribution in [3.05, 3.63) is 120 Å². The lowest BCUT2D eigenvalue weighted by Gasteiger charge is -2.37. The largest absolute Gasteiger partial charge is 0.330 e. The van der Waals surface area contributed by atoms with Crippen molar-refractivity contribution in [1.29, 1.82) is 0 Å². The molecule has 4 aromatic rings. The van der Waals surface area contributed by atoms with Crippen LogP contribution in [0.2, 0.25) is 0 Å². The summed E-state index contributed by atoms with van der Waals surface area (Å²) in [6.45, 7) is 7.68. The van der Waals surface area contributed by atoms with Crippen LogP contribution in [0.5, 0.6) is 0 Å². The van der Waals surface area contributed by atoms with Crippen LogP contribution < -0.4 is 21.4 Å². The van der Waals surface area contributed by atoms with Crippen molar-refractivity contribution in [2.24, 2.45) is 11.8 Å². The number of amides is 4. The molecule has 16 heteroatoms. The van der Waals surface area contributed by atoms with E-state index in [-0.39, 0.29) is 47.3 Å². The van der Waals surface area contributed by atoms with Crippen molar-refractivity contribution in [3.8, 4) is 0 Å². The summed E-state index contributed by atoms with van der Waals surface area (Å²) >= 11 is 0. The standard InChI is InChI=1S/C24H31FN4O3.C14H19NO2.C10H12FN3O/c1-2-3-10-19(15-27-32-17-18-8-5-4-6-9-18)24(31)29-14-7-11-21(29)23(30)28-22-13-12-20(25)16-26-22;1-2-3-9-13-10-15(14(13)16)17-11-12-7-5-4-6-8-12;11-7-3-4-9(13-6-7)14-10(15)8-2-1-5-12-8/h4-6,8-9,12-13,16,19,21,27H,2-3,7,10-11,14-15,17H2,1H3,(H,26,28,30);4-8,13H,2-3,9-11H2,1H3;3-4,6,8,12H,1-2,5H2,(H,13,14,15)/t19-,21+;13-;8-/m110/s1. The van der Waals surface area contributed by atoms with Gasteiger partial charge < -0.3 is 20.9 Å². The zero-order valence-corrected chi connectivity index (χ0v) is 36.9. The summed E-state index contributed by atoms with van der Waals surface area (Å²) in [6.07, 6.45) is 11.2. The number of hydrogen-bond donors (Lipinski definition) is 4. The number of hydrogen-bond acceptors (Lipinski definition) is 10. The maximum atomic E-state index is 13.3. The predicted octanol–water partition coefficient (Wildman–Crippen LogP) is 7.36. The highest BCUT2D eigenvalue weighted by atomic mass is 19.1. The van der Waals surface area contributed by atoms with E-state index in [1.807, 2.05) is 60.7 Å². The lowest BCUT2D eigenvalue weighted by atomic mass is 9.95. The number of nitrogens with one attached hydrogen (secondary N) is 4. The average Bonchev–Trinajstić information content (AvgIpc) is 4.05. The van der Waals surface area contributed by atoms with Crippen LogP contribution in [0.15, 0.2) is 97.3 Å². The lowest BCUT2D eigenvalue weighted by Crippen LogP contribution is -2.51. The SMILES string of the molecule is CCCC[C@@H]1CN(OCc2ccccc2)C1=O.CCCC[C@H](CNOCc1ccccc1)C(=O)N1CCC[C@H]1C(=O)Nc1ccc(F)cn1.O=C(Nc1ccc(F)cn1)[C@@H]1CCCN1. The Morgan fingerprint density at radius 3 is 1.98 bits per heavy atom. The number of aromatic nitrogens is 2. The monoisotopic (exact) mass is 884 g/mol. The Kier molecular flexibility index (Phi) is 20.7. The van der Waals surface area contributed by atoms with Crippen LogP contribution in [-0.4, -0.2) is 81.8 Å². The van der Waals surface area contributed by atoms with Crippen molar-refractivity contribution in [3.63, 3.8) is 0 Å². The molecule has 2 aromatic heterocycles. The number of β-lactam (4-membered cyclic amide) rings is 1. The number of unbranched alkanes of at least 4 members (excludes halogenated alkanes) is 2. The van der Waals surface area contributed by atoms with E-state index in [1.165, 1.54) is 29.3 Å². The first-order chi connectivity index (χ1) is 31.1. The van der Waals surface area contributed by atoms with Gasteiger partial charge in [0, 0.05) is 13.1 Å². The molecular weight excluding hydrogens is 823 g/mol. The summed E-state index contributed by atoms with van der Waals surface area (Å²) < 4.78 is 25.6. The molecule has 0 spiro atoms. The van der Waals surface area contributed by atoms with Gasteiger partial charge >= 0.3 is 0 Å². The van der Waals surface area contributed by atoms with Gasteiger partial charge in [-0.1, -0.05) is 100 Å². The number of halogens is 2. The lowest BCUT2D eigenvalue weighted by molar-refractivity contribution is -0.226. The van der Waals surface area contributed by atoms with Crippen molar-refractivity contribution in [2.75, 3.05) is 36.8 Å². The minimum atomic E-state index is -0.552. The van der Waals surface area contributed by atoms with Gasteiger partial charge in [-0.15, -0.1) is 0 Å². The quantitative estimate of drug-likeness (QED) is 0.0425. The van der Waals surface area contributed by atoms with Crippen LogP contribution in [0.4, 0.5) is 20.4 Å². The van der Waals surface area contributed by atoms with Gasteiger partial charge in [-0.3, -0.25) is 28.9 Å². The minimum absolute atomic E-state index is 0.0426. The zero-order chi connectivity index (χ0) is 45.5. The number of benzene rings is 2. The summed E-state index contributed by atoms with van der Waals surface area (Å²) in [6, 6.07) is 24.4. The zero-order valence-electron chi connectivity index (χ0n) is 36.9. The second kappa shape index (κ2) is 26.8. The fourth-order valence-electron chi connectivity index (χ4n) is 7.37. The molecule has 344 valence electrons. The van der Waals surface area contributed by atoms with Crippen molar-refractivity contribution in [2.45, 2.75) is 103 Å². The Balaban J connectivity index is 0.000000201. The third-order valence-corrected chi connectivity index (χ3v) is 11.1. The van der Waals surface area contributed by atoms with Gasteiger partial charge in [0.05, 0.1) is 43.4 Å². The molecule has 3 saturated heterocycles. The van der Waals surface area contributed by atoms with Crippen LogP contribution in [0, 0.1) is 23.5 Å². The molecule has 0 unspecified atom stereocenters. The molecule has 2 aromatic carbocycles. The maximum Gasteiger partial charge on any atom is 0.251 e. The van der Waals surface area contributed by atoms with E-state index < -0.39 is 17.7 Å². The number of carbonyl (C=O) groups excluding carboxylic acids is 4. The first kappa shape index (κ1) is 49.3. The van der Waals surface area contributed by atoms with Crippen molar-refractivity contribution >= 4 is 35.3 Å². The van der Waals surface area contributed by atoms with Gasteiger partial charge in [0.2, 0.25) is 17.7 Å². The van der Waals surface area contributed by atoms with Crippen LogP contribution >= 0.6 is 0 Å². The smallest absolute Gasteiger partial charge is 0.251 e. The Labute approximate surface area is 374 Å². The summed E-state index contributed by atoms with van der Waals surface area (Å²) in [5, 5.41) is 9.90. The molecule has 3 aliphatic heterocycles. The third-order valence-electron chi connectivity index (χ3n) is 11.1. The van der Waals surface area contributed by atoms with Crippen molar-refractivity contribution in [1.82, 2.24) is 30.7 Å². The van der Waals surface area contributed by atoms with Gasteiger partial charge in [-0.2, -0.15) is 0 Å². The molecule has 5 heterocycles. The second-order valence-electron chi connectivity index (χ2n) is 16.0.